The van der Waals surface area contributed by atoms with Gasteiger partial charge in [0.25, 0.3) is 5.91 Å². The van der Waals surface area contributed by atoms with Crippen LogP contribution in [0.15, 0.2) is 28.8 Å². The Morgan fingerprint density at radius 1 is 1.28 bits per heavy atom. The Balaban J connectivity index is 1.79. The van der Waals surface area contributed by atoms with E-state index in [1.54, 1.807) is 6.07 Å². The Kier molecular flexibility index (Phi) is 2.98. The number of nitrogens with zero attached hydrogens (tertiary/aromatic N) is 1. The van der Waals surface area contributed by atoms with Gasteiger partial charge in [-0.1, -0.05) is 17.3 Å². The van der Waals surface area contributed by atoms with Crippen LogP contribution in [0.3, 0.4) is 0 Å². The van der Waals surface area contributed by atoms with Gasteiger partial charge < -0.3 is 14.6 Å². The molecule has 1 aromatic heterocycles. The third-order valence-corrected chi connectivity index (χ3v) is 3.15. The maximum atomic E-state index is 12.1. The molecule has 0 spiro atoms. The Morgan fingerprint density at radius 3 is 2.89 bits per heavy atom. The van der Waals surface area contributed by atoms with E-state index in [0.29, 0.717) is 24.5 Å². The summed E-state index contributed by atoms with van der Waals surface area (Å²) < 4.78 is 10.4. The van der Waals surface area contributed by atoms with E-state index in [1.807, 2.05) is 18.2 Å². The molecule has 0 radical (unpaired) electrons. The molecule has 18 heavy (non-hydrogen) atoms. The molecule has 2 aromatic rings. The van der Waals surface area contributed by atoms with E-state index >= 15 is 0 Å². The highest BCUT2D eigenvalue weighted by atomic mass is 16.5. The average Bonchev–Trinajstić information content (AvgIpc) is 2.84. The van der Waals surface area contributed by atoms with Crippen molar-refractivity contribution in [1.29, 1.82) is 0 Å². The topological polar surface area (TPSA) is 64.4 Å². The number of hydrogen-bond acceptors (Lipinski definition) is 4. The molecule has 1 saturated heterocycles. The first-order valence-electron chi connectivity index (χ1n) is 6.07. The highest BCUT2D eigenvalue weighted by Crippen LogP contribution is 2.18. The first-order chi connectivity index (χ1) is 8.84. The number of benzene rings is 1. The number of hydrogen-bond donors (Lipinski definition) is 1. The van der Waals surface area contributed by atoms with Gasteiger partial charge in [0, 0.05) is 19.3 Å². The van der Waals surface area contributed by atoms with Crippen LogP contribution in [0, 0.1) is 0 Å². The summed E-state index contributed by atoms with van der Waals surface area (Å²) in [5.41, 5.74) is 0.992. The summed E-state index contributed by atoms with van der Waals surface area (Å²) in [6.45, 7) is 1.40. The zero-order valence-electron chi connectivity index (χ0n) is 9.89. The quantitative estimate of drug-likeness (QED) is 0.876. The number of ether oxygens (including phenoxy) is 1. The molecule has 94 valence electrons. The molecule has 1 aliphatic rings. The summed E-state index contributed by atoms with van der Waals surface area (Å²) in [6.07, 6.45) is 1.70. The van der Waals surface area contributed by atoms with Gasteiger partial charge in [0.1, 0.15) is 0 Å². The maximum Gasteiger partial charge on any atom is 0.274 e. The zero-order valence-corrected chi connectivity index (χ0v) is 9.89. The molecule has 0 unspecified atom stereocenters. The van der Waals surface area contributed by atoms with Crippen molar-refractivity contribution in [3.63, 3.8) is 0 Å². The van der Waals surface area contributed by atoms with Crippen molar-refractivity contribution in [3.8, 4) is 0 Å². The molecule has 1 fully saturated rings. The predicted octanol–water partition coefficient (Wildman–Crippen LogP) is 1.74. The molecular formula is C13H14N2O3. The summed E-state index contributed by atoms with van der Waals surface area (Å²) in [6, 6.07) is 7.53. The number of para-hydroxylation sites is 1. The molecule has 3 rings (SSSR count). The number of carbonyl (C=O) groups excluding carboxylic acids is 1. The third kappa shape index (κ3) is 2.09. The molecule has 1 aliphatic heterocycles. The van der Waals surface area contributed by atoms with Crippen molar-refractivity contribution >= 4 is 16.9 Å². The minimum Gasteiger partial charge on any atom is -0.381 e. The monoisotopic (exact) mass is 246 g/mol. The second-order valence-corrected chi connectivity index (χ2v) is 4.39. The minimum atomic E-state index is -0.174. The fourth-order valence-corrected chi connectivity index (χ4v) is 2.15. The van der Waals surface area contributed by atoms with Crippen LogP contribution in [0.25, 0.3) is 11.0 Å². The van der Waals surface area contributed by atoms with Crippen LogP contribution in [-0.4, -0.2) is 30.3 Å². The van der Waals surface area contributed by atoms with Crippen LogP contribution in [0.5, 0.6) is 0 Å². The molecule has 0 saturated carbocycles. The van der Waals surface area contributed by atoms with Gasteiger partial charge in [-0.2, -0.15) is 0 Å². The minimum absolute atomic E-state index is 0.168. The molecule has 1 aromatic carbocycles. The Bertz CT molecular complexity index is 558. The van der Waals surface area contributed by atoms with Crippen molar-refractivity contribution < 1.29 is 14.1 Å². The number of carbonyl (C=O) groups is 1. The standard InChI is InChI=1S/C13H14N2O3/c16-13(14-9-5-7-17-8-6-9)12-10-3-1-2-4-11(10)18-15-12/h1-4,9H,5-8H2,(H,14,16). The van der Waals surface area contributed by atoms with Gasteiger partial charge in [0.15, 0.2) is 11.3 Å². The highest BCUT2D eigenvalue weighted by Gasteiger charge is 2.20. The largest absolute Gasteiger partial charge is 0.381 e. The van der Waals surface area contributed by atoms with Gasteiger partial charge in [0.05, 0.1) is 5.39 Å². The first kappa shape index (κ1) is 11.2. The van der Waals surface area contributed by atoms with Crippen molar-refractivity contribution in [1.82, 2.24) is 10.5 Å². The molecule has 5 nitrogen and oxygen atoms in total. The van der Waals surface area contributed by atoms with Crippen LogP contribution in [-0.2, 0) is 4.74 Å². The smallest absolute Gasteiger partial charge is 0.274 e. The lowest BCUT2D eigenvalue weighted by Crippen LogP contribution is -2.39. The third-order valence-electron chi connectivity index (χ3n) is 3.15. The number of amides is 1. The number of fused-ring (bicyclic) bond motifs is 1. The lowest BCUT2D eigenvalue weighted by Gasteiger charge is -2.22. The zero-order chi connectivity index (χ0) is 12.4. The molecule has 0 atom stereocenters. The van der Waals surface area contributed by atoms with E-state index in [9.17, 15) is 4.79 Å². The fourth-order valence-electron chi connectivity index (χ4n) is 2.15. The number of nitrogens with one attached hydrogen (secondary N) is 1. The highest BCUT2D eigenvalue weighted by molar-refractivity contribution is 6.04. The van der Waals surface area contributed by atoms with E-state index in [0.717, 1.165) is 18.2 Å². The molecule has 1 amide bonds. The molecular weight excluding hydrogens is 232 g/mol. The molecule has 1 N–H and O–H groups in total. The van der Waals surface area contributed by atoms with Crippen LogP contribution in [0.4, 0.5) is 0 Å². The lowest BCUT2D eigenvalue weighted by atomic mass is 10.1. The van der Waals surface area contributed by atoms with Crippen LogP contribution in [0.2, 0.25) is 0 Å². The fraction of sp³-hybridized carbons (Fsp3) is 0.385. The predicted molar refractivity (Wildman–Crippen MR) is 65.3 cm³/mol. The Labute approximate surface area is 104 Å². The molecule has 5 heteroatoms. The summed E-state index contributed by atoms with van der Waals surface area (Å²) >= 11 is 0. The number of rotatable bonds is 2. The summed E-state index contributed by atoms with van der Waals surface area (Å²) in [5.74, 6) is -0.174. The molecule has 0 aliphatic carbocycles. The normalized spacial score (nSPS) is 16.9. The summed E-state index contributed by atoms with van der Waals surface area (Å²) in [5, 5.41) is 7.57. The van der Waals surface area contributed by atoms with Gasteiger partial charge in [-0.3, -0.25) is 4.79 Å². The molecule has 0 bridgehead atoms. The van der Waals surface area contributed by atoms with Crippen molar-refractivity contribution in [2.45, 2.75) is 18.9 Å². The van der Waals surface area contributed by atoms with E-state index in [2.05, 4.69) is 10.5 Å². The van der Waals surface area contributed by atoms with E-state index in [-0.39, 0.29) is 11.9 Å². The maximum absolute atomic E-state index is 12.1. The van der Waals surface area contributed by atoms with Crippen molar-refractivity contribution in [2.24, 2.45) is 0 Å². The summed E-state index contributed by atoms with van der Waals surface area (Å²) in [4.78, 5) is 12.1. The van der Waals surface area contributed by atoms with Crippen LogP contribution < -0.4 is 5.32 Å². The average molecular weight is 246 g/mol. The Hall–Kier alpha value is -1.88. The SMILES string of the molecule is O=C(NC1CCOCC1)c1noc2ccccc12. The van der Waals surface area contributed by atoms with Gasteiger partial charge >= 0.3 is 0 Å². The van der Waals surface area contributed by atoms with E-state index < -0.39 is 0 Å². The van der Waals surface area contributed by atoms with Gasteiger partial charge in [-0.05, 0) is 25.0 Å². The van der Waals surface area contributed by atoms with Gasteiger partial charge in [-0.15, -0.1) is 0 Å². The van der Waals surface area contributed by atoms with Gasteiger partial charge in [-0.25, -0.2) is 0 Å². The van der Waals surface area contributed by atoms with Crippen LogP contribution in [0.1, 0.15) is 23.3 Å². The second kappa shape index (κ2) is 4.78. The van der Waals surface area contributed by atoms with Crippen molar-refractivity contribution in [3.05, 3.63) is 30.0 Å². The lowest BCUT2D eigenvalue weighted by molar-refractivity contribution is 0.0693. The molecule has 2 heterocycles. The van der Waals surface area contributed by atoms with E-state index in [1.165, 1.54) is 0 Å². The second-order valence-electron chi connectivity index (χ2n) is 4.39. The summed E-state index contributed by atoms with van der Waals surface area (Å²) in [7, 11) is 0. The number of aromatic nitrogens is 1. The Morgan fingerprint density at radius 2 is 2.06 bits per heavy atom. The van der Waals surface area contributed by atoms with Crippen molar-refractivity contribution in [2.75, 3.05) is 13.2 Å². The van der Waals surface area contributed by atoms with Gasteiger partial charge in [0.2, 0.25) is 0 Å². The van der Waals surface area contributed by atoms with Crippen LogP contribution >= 0.6 is 0 Å². The van der Waals surface area contributed by atoms with E-state index in [4.69, 9.17) is 9.26 Å². The first-order valence-corrected chi connectivity index (χ1v) is 6.07.